The van der Waals surface area contributed by atoms with Crippen molar-refractivity contribution in [3.8, 4) is 11.8 Å². The minimum absolute atomic E-state index is 0.0921. The summed E-state index contributed by atoms with van der Waals surface area (Å²) in [7, 11) is 0. The van der Waals surface area contributed by atoms with Crippen LogP contribution in [-0.4, -0.2) is 11.7 Å². The fourth-order valence-electron chi connectivity index (χ4n) is 0.811. The van der Waals surface area contributed by atoms with E-state index in [-0.39, 0.29) is 6.07 Å². The van der Waals surface area contributed by atoms with Gasteiger partial charge in [-0.1, -0.05) is 11.8 Å². The molecule has 0 fully saturated rings. The molecule has 0 saturated carbocycles. The summed E-state index contributed by atoms with van der Waals surface area (Å²) in [5.74, 6) is -2.50. The summed E-state index contributed by atoms with van der Waals surface area (Å²) in [5, 5.41) is 8.24. The molecule has 1 aromatic rings. The molecule has 0 bridgehead atoms. The molecule has 0 saturated heterocycles. The number of halogens is 4. The molecule has 0 spiro atoms. The normalized spacial score (nSPS) is 9.50. The van der Waals surface area contributed by atoms with Gasteiger partial charge in [-0.2, -0.15) is 0 Å². The van der Waals surface area contributed by atoms with Crippen molar-refractivity contribution < 1.29 is 22.7 Å². The molecule has 0 aliphatic heterocycles. The number of benzene rings is 1. The predicted octanol–water partition coefficient (Wildman–Crippen LogP) is 1.59. The number of hydrogen-bond acceptors (Lipinski definition) is 1. The second-order valence-corrected chi connectivity index (χ2v) is 2.30. The zero-order valence-corrected chi connectivity index (χ0v) is 6.74. The van der Waals surface area contributed by atoms with Crippen LogP contribution in [0.2, 0.25) is 0 Å². The van der Waals surface area contributed by atoms with E-state index >= 15 is 0 Å². The molecule has 0 atom stereocenters. The van der Waals surface area contributed by atoms with Gasteiger partial charge in [-0.3, -0.25) is 0 Å². The van der Waals surface area contributed by atoms with Crippen molar-refractivity contribution in [2.45, 2.75) is 0 Å². The summed E-state index contributed by atoms with van der Waals surface area (Å²) in [6.45, 7) is -0.656. The molecule has 0 aromatic heterocycles. The third-order valence-corrected chi connectivity index (χ3v) is 1.40. The minimum atomic E-state index is -1.56. The third kappa shape index (κ3) is 1.86. The molecular formula is C9H4F4O. The number of rotatable bonds is 0. The molecule has 14 heavy (non-hydrogen) atoms. The molecule has 1 N–H and O–H groups in total. The summed E-state index contributed by atoms with van der Waals surface area (Å²) in [5.41, 5.74) is -1.02. The van der Waals surface area contributed by atoms with Gasteiger partial charge in [0, 0.05) is 6.07 Å². The quantitative estimate of drug-likeness (QED) is 0.386. The molecule has 0 heterocycles. The number of hydrogen-bond donors (Lipinski definition) is 1. The minimum Gasteiger partial charge on any atom is -0.384 e. The van der Waals surface area contributed by atoms with Gasteiger partial charge in [0.05, 0.1) is 0 Å². The molecule has 0 aliphatic carbocycles. The summed E-state index contributed by atoms with van der Waals surface area (Å²) in [6.07, 6.45) is 0. The van der Waals surface area contributed by atoms with E-state index in [0.29, 0.717) is 0 Å². The molecule has 1 aromatic carbocycles. The van der Waals surface area contributed by atoms with Crippen LogP contribution in [0, 0.1) is 35.1 Å². The Morgan fingerprint density at radius 1 is 1.07 bits per heavy atom. The van der Waals surface area contributed by atoms with Crippen molar-refractivity contribution in [3.05, 3.63) is 34.9 Å². The van der Waals surface area contributed by atoms with Gasteiger partial charge in [0.2, 0.25) is 0 Å². The molecule has 0 radical (unpaired) electrons. The summed E-state index contributed by atoms with van der Waals surface area (Å²) in [6, 6.07) is 0.0921. The maximum absolute atomic E-state index is 12.8. The highest BCUT2D eigenvalue weighted by molar-refractivity contribution is 5.37. The zero-order valence-electron chi connectivity index (χ0n) is 6.74. The first-order chi connectivity index (χ1) is 6.57. The lowest BCUT2D eigenvalue weighted by Crippen LogP contribution is -1.99. The van der Waals surface area contributed by atoms with E-state index in [1.807, 2.05) is 5.92 Å². The van der Waals surface area contributed by atoms with Crippen LogP contribution in [-0.2, 0) is 0 Å². The highest BCUT2D eigenvalue weighted by Gasteiger charge is 2.17. The van der Waals surface area contributed by atoms with E-state index in [9.17, 15) is 17.6 Å². The first-order valence-corrected chi connectivity index (χ1v) is 3.50. The highest BCUT2D eigenvalue weighted by atomic mass is 19.2. The molecular weight excluding hydrogens is 200 g/mol. The Kier molecular flexibility index (Phi) is 3.10. The van der Waals surface area contributed by atoms with Crippen LogP contribution in [0.4, 0.5) is 17.6 Å². The molecule has 0 unspecified atom stereocenters. The number of aliphatic hydroxyl groups is 1. The molecule has 1 nitrogen and oxygen atoms in total. The maximum Gasteiger partial charge on any atom is 0.177 e. The average Bonchev–Trinajstić information content (AvgIpc) is 2.15. The molecule has 1 rings (SSSR count). The van der Waals surface area contributed by atoms with Crippen molar-refractivity contribution >= 4 is 0 Å². The summed E-state index contributed by atoms with van der Waals surface area (Å²) >= 11 is 0. The van der Waals surface area contributed by atoms with Crippen LogP contribution in [0.3, 0.4) is 0 Å². The Hall–Kier alpha value is -1.54. The second kappa shape index (κ2) is 4.11. The van der Waals surface area contributed by atoms with Gasteiger partial charge < -0.3 is 5.11 Å². The van der Waals surface area contributed by atoms with Gasteiger partial charge >= 0.3 is 0 Å². The second-order valence-electron chi connectivity index (χ2n) is 2.30. The van der Waals surface area contributed by atoms with Crippen molar-refractivity contribution in [1.82, 2.24) is 0 Å². The smallest absolute Gasteiger partial charge is 0.177 e. The zero-order chi connectivity index (χ0) is 10.7. The van der Waals surface area contributed by atoms with Crippen LogP contribution >= 0.6 is 0 Å². The van der Waals surface area contributed by atoms with E-state index in [1.54, 1.807) is 5.92 Å². The lowest BCUT2D eigenvalue weighted by Gasteiger charge is -1.99. The largest absolute Gasteiger partial charge is 0.384 e. The molecule has 0 aliphatic rings. The third-order valence-electron chi connectivity index (χ3n) is 1.40. The predicted molar refractivity (Wildman–Crippen MR) is 40.2 cm³/mol. The van der Waals surface area contributed by atoms with E-state index in [0.717, 1.165) is 0 Å². The van der Waals surface area contributed by atoms with Crippen LogP contribution in [0.1, 0.15) is 5.56 Å². The fourth-order valence-corrected chi connectivity index (χ4v) is 0.811. The van der Waals surface area contributed by atoms with E-state index in [1.165, 1.54) is 0 Å². The SMILES string of the molecule is OCC#Cc1c(F)c(F)cc(F)c1F. The van der Waals surface area contributed by atoms with Crippen molar-refractivity contribution in [3.63, 3.8) is 0 Å². The van der Waals surface area contributed by atoms with E-state index in [2.05, 4.69) is 0 Å². The van der Waals surface area contributed by atoms with Gasteiger partial charge in [-0.05, 0) is 0 Å². The average molecular weight is 204 g/mol. The molecule has 74 valence electrons. The monoisotopic (exact) mass is 204 g/mol. The van der Waals surface area contributed by atoms with Gasteiger partial charge in [0.25, 0.3) is 0 Å². The van der Waals surface area contributed by atoms with Crippen LogP contribution in [0.25, 0.3) is 0 Å². The van der Waals surface area contributed by atoms with E-state index < -0.39 is 35.4 Å². The van der Waals surface area contributed by atoms with Crippen LogP contribution in [0.5, 0.6) is 0 Å². The van der Waals surface area contributed by atoms with Gasteiger partial charge in [-0.25, -0.2) is 17.6 Å². The first-order valence-electron chi connectivity index (χ1n) is 3.50. The van der Waals surface area contributed by atoms with Crippen molar-refractivity contribution in [1.29, 1.82) is 0 Å². The Morgan fingerprint density at radius 3 is 2.00 bits per heavy atom. The van der Waals surface area contributed by atoms with Crippen molar-refractivity contribution in [2.24, 2.45) is 0 Å². The van der Waals surface area contributed by atoms with Gasteiger partial charge in [0.15, 0.2) is 23.3 Å². The highest BCUT2D eigenvalue weighted by Crippen LogP contribution is 2.17. The lowest BCUT2D eigenvalue weighted by atomic mass is 10.2. The Bertz CT molecular complexity index is 391. The summed E-state index contributed by atoms with van der Waals surface area (Å²) in [4.78, 5) is 0. The fraction of sp³-hybridized carbons (Fsp3) is 0.111. The van der Waals surface area contributed by atoms with E-state index in [4.69, 9.17) is 5.11 Å². The van der Waals surface area contributed by atoms with Crippen LogP contribution < -0.4 is 0 Å². The standard InChI is InChI=1S/C9H4F4O/c10-6-4-7(11)9(13)5(8(6)12)2-1-3-14/h4,14H,3H2. The van der Waals surface area contributed by atoms with Gasteiger partial charge in [-0.15, -0.1) is 0 Å². The Labute approximate surface area is 77.0 Å². The maximum atomic E-state index is 12.8. The van der Waals surface area contributed by atoms with Crippen LogP contribution in [0.15, 0.2) is 6.07 Å². The summed E-state index contributed by atoms with van der Waals surface area (Å²) < 4.78 is 50.7. The number of aliphatic hydroxyl groups excluding tert-OH is 1. The first kappa shape index (κ1) is 10.5. The molecule has 5 heteroatoms. The molecule has 0 amide bonds. The van der Waals surface area contributed by atoms with Gasteiger partial charge in [0.1, 0.15) is 12.2 Å². The lowest BCUT2D eigenvalue weighted by molar-refractivity contribution is 0.350. The van der Waals surface area contributed by atoms with Crippen molar-refractivity contribution in [2.75, 3.05) is 6.61 Å². The Morgan fingerprint density at radius 2 is 1.57 bits per heavy atom. The Balaban J connectivity index is 3.39. The topological polar surface area (TPSA) is 20.2 Å².